The van der Waals surface area contributed by atoms with Gasteiger partial charge in [-0.2, -0.15) is 5.26 Å². The summed E-state index contributed by atoms with van der Waals surface area (Å²) in [6.07, 6.45) is 1.48. The third-order valence-electron chi connectivity index (χ3n) is 3.24. The van der Waals surface area contributed by atoms with E-state index in [1.807, 2.05) is 17.9 Å². The summed E-state index contributed by atoms with van der Waals surface area (Å²) in [5.41, 5.74) is 0.388. The van der Waals surface area contributed by atoms with Crippen molar-refractivity contribution in [3.05, 3.63) is 17.6 Å². The summed E-state index contributed by atoms with van der Waals surface area (Å²) < 4.78 is 0. The molecule has 6 nitrogen and oxygen atoms in total. The predicted molar refractivity (Wildman–Crippen MR) is 64.0 cm³/mol. The number of nitrogens with zero attached hydrogens (tertiary/aromatic N) is 4. The number of anilines is 1. The number of carbonyl (C=O) groups is 1. The van der Waals surface area contributed by atoms with Crippen LogP contribution < -0.4 is 4.90 Å². The zero-order valence-corrected chi connectivity index (χ0v) is 10.3. The number of rotatable bonds is 2. The fourth-order valence-electron chi connectivity index (χ4n) is 2.24. The summed E-state index contributed by atoms with van der Waals surface area (Å²) in [4.78, 5) is 21.2. The van der Waals surface area contributed by atoms with Crippen molar-refractivity contribution >= 4 is 11.8 Å². The van der Waals surface area contributed by atoms with Crippen molar-refractivity contribution in [2.24, 2.45) is 11.8 Å². The molecule has 2 atom stereocenters. The zero-order valence-electron chi connectivity index (χ0n) is 10.3. The van der Waals surface area contributed by atoms with Gasteiger partial charge in [0, 0.05) is 13.1 Å². The molecule has 0 saturated carbocycles. The highest BCUT2D eigenvalue weighted by Crippen LogP contribution is 2.28. The molecule has 0 radical (unpaired) electrons. The van der Waals surface area contributed by atoms with Crippen LogP contribution in [-0.2, 0) is 4.79 Å². The largest absolute Gasteiger partial charge is 0.481 e. The highest BCUT2D eigenvalue weighted by Gasteiger charge is 2.36. The lowest BCUT2D eigenvalue weighted by Gasteiger charge is -2.18. The SMILES string of the molecule is Cc1ncc(C#N)c(N2CC(C)C(C(=O)O)C2)n1. The third-order valence-corrected chi connectivity index (χ3v) is 3.24. The lowest BCUT2D eigenvalue weighted by atomic mass is 9.99. The van der Waals surface area contributed by atoms with Crippen molar-refractivity contribution in [1.29, 1.82) is 5.26 Å². The number of carboxylic acid groups (broad SMARTS) is 1. The van der Waals surface area contributed by atoms with Gasteiger partial charge >= 0.3 is 5.97 Å². The van der Waals surface area contributed by atoms with E-state index < -0.39 is 11.9 Å². The van der Waals surface area contributed by atoms with Gasteiger partial charge in [0.05, 0.1) is 12.1 Å². The summed E-state index contributed by atoms with van der Waals surface area (Å²) in [7, 11) is 0. The first-order valence-electron chi connectivity index (χ1n) is 5.74. The second-order valence-corrected chi connectivity index (χ2v) is 4.59. The fourth-order valence-corrected chi connectivity index (χ4v) is 2.24. The van der Waals surface area contributed by atoms with Crippen LogP contribution in [0.25, 0.3) is 0 Å². The Morgan fingerprint density at radius 1 is 1.61 bits per heavy atom. The predicted octanol–water partition coefficient (Wildman–Crippen LogP) is 0.814. The molecular weight excluding hydrogens is 232 g/mol. The first kappa shape index (κ1) is 12.3. The minimum atomic E-state index is -0.797. The van der Waals surface area contributed by atoms with Gasteiger partial charge in [-0.05, 0) is 12.8 Å². The summed E-state index contributed by atoms with van der Waals surface area (Å²) in [6, 6.07) is 2.04. The van der Waals surface area contributed by atoms with Gasteiger partial charge in [0.15, 0.2) is 0 Å². The van der Waals surface area contributed by atoms with Crippen LogP contribution in [0.15, 0.2) is 6.20 Å². The van der Waals surface area contributed by atoms with E-state index in [9.17, 15) is 4.79 Å². The van der Waals surface area contributed by atoms with Gasteiger partial charge in [-0.1, -0.05) is 6.92 Å². The molecule has 0 aromatic carbocycles. The van der Waals surface area contributed by atoms with Crippen LogP contribution in [0.3, 0.4) is 0 Å². The Morgan fingerprint density at radius 3 is 2.89 bits per heavy atom. The van der Waals surface area contributed by atoms with Gasteiger partial charge in [-0.3, -0.25) is 4.79 Å². The summed E-state index contributed by atoms with van der Waals surface area (Å²) in [5.74, 6) is -0.0403. The maximum atomic E-state index is 11.1. The number of carboxylic acids is 1. The average molecular weight is 246 g/mol. The van der Waals surface area contributed by atoms with E-state index in [4.69, 9.17) is 10.4 Å². The molecule has 1 aromatic rings. The molecule has 1 saturated heterocycles. The molecule has 2 rings (SSSR count). The van der Waals surface area contributed by atoms with E-state index in [1.165, 1.54) is 6.20 Å². The molecular formula is C12H14N4O2. The Kier molecular flexibility index (Phi) is 3.15. The summed E-state index contributed by atoms with van der Waals surface area (Å²) >= 11 is 0. The highest BCUT2D eigenvalue weighted by molar-refractivity contribution is 5.72. The van der Waals surface area contributed by atoms with Gasteiger partial charge in [-0.25, -0.2) is 9.97 Å². The molecule has 1 N–H and O–H groups in total. The van der Waals surface area contributed by atoms with Crippen molar-refractivity contribution in [2.45, 2.75) is 13.8 Å². The van der Waals surface area contributed by atoms with E-state index in [1.54, 1.807) is 6.92 Å². The number of hydrogen-bond acceptors (Lipinski definition) is 5. The fraction of sp³-hybridized carbons (Fsp3) is 0.500. The maximum absolute atomic E-state index is 11.1. The quantitative estimate of drug-likeness (QED) is 0.830. The second kappa shape index (κ2) is 4.61. The van der Waals surface area contributed by atoms with E-state index >= 15 is 0 Å². The molecule has 2 heterocycles. The lowest BCUT2D eigenvalue weighted by Crippen LogP contribution is -2.24. The minimum absolute atomic E-state index is 0.0457. The smallest absolute Gasteiger partial charge is 0.308 e. The van der Waals surface area contributed by atoms with Crippen LogP contribution >= 0.6 is 0 Å². The van der Waals surface area contributed by atoms with Crippen LogP contribution in [-0.4, -0.2) is 34.1 Å². The summed E-state index contributed by atoms with van der Waals surface area (Å²) in [6.45, 7) is 4.64. The number of nitriles is 1. The van der Waals surface area contributed by atoms with Crippen LogP contribution in [0, 0.1) is 30.1 Å². The molecule has 2 unspecified atom stereocenters. The van der Waals surface area contributed by atoms with Gasteiger partial charge in [0.25, 0.3) is 0 Å². The topological polar surface area (TPSA) is 90.1 Å². The Labute approximate surface area is 105 Å². The van der Waals surface area contributed by atoms with Crippen LogP contribution in [0.2, 0.25) is 0 Å². The molecule has 1 aromatic heterocycles. The highest BCUT2D eigenvalue weighted by atomic mass is 16.4. The van der Waals surface area contributed by atoms with Crippen LogP contribution in [0.1, 0.15) is 18.3 Å². The first-order valence-corrected chi connectivity index (χ1v) is 5.74. The molecule has 0 amide bonds. The molecule has 0 spiro atoms. The molecule has 0 aliphatic carbocycles. The number of aliphatic carboxylic acids is 1. The van der Waals surface area contributed by atoms with Gasteiger partial charge < -0.3 is 10.0 Å². The minimum Gasteiger partial charge on any atom is -0.481 e. The van der Waals surface area contributed by atoms with Crippen molar-refractivity contribution < 1.29 is 9.90 Å². The summed E-state index contributed by atoms with van der Waals surface area (Å²) in [5, 5.41) is 18.1. The molecule has 0 bridgehead atoms. The van der Waals surface area contributed by atoms with E-state index in [2.05, 4.69) is 9.97 Å². The van der Waals surface area contributed by atoms with Gasteiger partial charge in [0.2, 0.25) is 0 Å². The number of hydrogen-bond donors (Lipinski definition) is 1. The van der Waals surface area contributed by atoms with Gasteiger partial charge in [0.1, 0.15) is 23.3 Å². The Bertz CT molecular complexity index is 523. The number of aryl methyl sites for hydroxylation is 1. The van der Waals surface area contributed by atoms with Crippen molar-refractivity contribution in [1.82, 2.24) is 9.97 Å². The van der Waals surface area contributed by atoms with Crippen LogP contribution in [0.5, 0.6) is 0 Å². The molecule has 1 aliphatic heterocycles. The Morgan fingerprint density at radius 2 is 2.33 bits per heavy atom. The maximum Gasteiger partial charge on any atom is 0.308 e. The second-order valence-electron chi connectivity index (χ2n) is 4.59. The van der Waals surface area contributed by atoms with Crippen molar-refractivity contribution in [2.75, 3.05) is 18.0 Å². The monoisotopic (exact) mass is 246 g/mol. The van der Waals surface area contributed by atoms with E-state index in [0.29, 0.717) is 30.3 Å². The molecule has 6 heteroatoms. The molecule has 94 valence electrons. The Hall–Kier alpha value is -2.16. The van der Waals surface area contributed by atoms with E-state index in [0.717, 1.165) is 0 Å². The normalized spacial score (nSPS) is 22.8. The standard InChI is InChI=1S/C12H14N4O2/c1-7-5-16(6-10(7)12(17)18)11-9(3-13)4-14-8(2)15-11/h4,7,10H,5-6H2,1-2H3,(H,17,18). The Balaban J connectivity index is 2.32. The van der Waals surface area contributed by atoms with Gasteiger partial charge in [-0.15, -0.1) is 0 Å². The van der Waals surface area contributed by atoms with E-state index in [-0.39, 0.29) is 5.92 Å². The van der Waals surface area contributed by atoms with Crippen molar-refractivity contribution in [3.8, 4) is 6.07 Å². The molecule has 18 heavy (non-hydrogen) atoms. The molecule has 1 fully saturated rings. The van der Waals surface area contributed by atoms with Crippen molar-refractivity contribution in [3.63, 3.8) is 0 Å². The zero-order chi connectivity index (χ0) is 13.3. The lowest BCUT2D eigenvalue weighted by molar-refractivity contribution is -0.142. The molecule has 1 aliphatic rings. The number of aromatic nitrogens is 2. The third kappa shape index (κ3) is 2.12. The average Bonchev–Trinajstić information content (AvgIpc) is 2.71. The van der Waals surface area contributed by atoms with Crippen LogP contribution in [0.4, 0.5) is 5.82 Å². The first-order chi connectivity index (χ1) is 8.52.